The van der Waals surface area contributed by atoms with Crippen LogP contribution in [0.3, 0.4) is 0 Å². The highest BCUT2D eigenvalue weighted by Crippen LogP contribution is 2.26. The first-order chi connectivity index (χ1) is 11.2. The molecule has 3 rings (SSSR count). The van der Waals surface area contributed by atoms with Gasteiger partial charge in [0.05, 0.1) is 11.1 Å². The number of aromatic nitrogens is 2. The molecule has 0 bridgehead atoms. The zero-order chi connectivity index (χ0) is 16.2. The van der Waals surface area contributed by atoms with Crippen LogP contribution >= 0.6 is 23.4 Å². The first-order valence-corrected chi connectivity index (χ1v) is 9.21. The van der Waals surface area contributed by atoms with E-state index in [4.69, 9.17) is 11.6 Å². The van der Waals surface area contributed by atoms with Crippen molar-refractivity contribution in [2.24, 2.45) is 0 Å². The highest BCUT2D eigenvalue weighted by Gasteiger charge is 2.11. The molecule has 0 atom stereocenters. The minimum Gasteiger partial charge on any atom is -0.267 e. The van der Waals surface area contributed by atoms with Gasteiger partial charge in [0.2, 0.25) is 0 Å². The van der Waals surface area contributed by atoms with Gasteiger partial charge in [-0.25, -0.2) is 4.68 Å². The molecule has 0 spiro atoms. The molecule has 3 nitrogen and oxygen atoms in total. The van der Waals surface area contributed by atoms with Crippen molar-refractivity contribution in [2.45, 2.75) is 17.9 Å². The van der Waals surface area contributed by atoms with Gasteiger partial charge in [0.25, 0.3) is 5.56 Å². The molecule has 3 aromatic rings. The van der Waals surface area contributed by atoms with Crippen molar-refractivity contribution in [1.29, 1.82) is 0 Å². The molecule has 0 amide bonds. The average molecular weight is 345 g/mol. The van der Waals surface area contributed by atoms with Gasteiger partial charge < -0.3 is 0 Å². The Morgan fingerprint density at radius 2 is 1.78 bits per heavy atom. The van der Waals surface area contributed by atoms with E-state index in [2.05, 4.69) is 35.6 Å². The third-order valence-corrected chi connectivity index (χ3v) is 4.75. The summed E-state index contributed by atoms with van der Waals surface area (Å²) in [5.41, 5.74) is 1.79. The maximum absolute atomic E-state index is 12.6. The number of alkyl halides is 1. The molecule has 0 N–H and O–H groups in total. The number of hydrogen-bond donors (Lipinski definition) is 0. The third kappa shape index (κ3) is 3.28. The van der Waals surface area contributed by atoms with Gasteiger partial charge in [-0.1, -0.05) is 30.3 Å². The molecule has 1 aromatic heterocycles. The van der Waals surface area contributed by atoms with E-state index in [1.54, 1.807) is 11.8 Å². The Morgan fingerprint density at radius 3 is 2.43 bits per heavy atom. The van der Waals surface area contributed by atoms with Crippen molar-refractivity contribution in [3.63, 3.8) is 0 Å². The number of fused-ring (bicyclic) bond motifs is 1. The van der Waals surface area contributed by atoms with Crippen LogP contribution in [0, 0.1) is 0 Å². The Morgan fingerprint density at radius 1 is 1.09 bits per heavy atom. The lowest BCUT2D eigenvalue weighted by molar-refractivity contribution is 0.578. The monoisotopic (exact) mass is 344 g/mol. The molecule has 0 saturated heterocycles. The molecule has 0 saturated carbocycles. The van der Waals surface area contributed by atoms with E-state index in [1.807, 2.05) is 24.3 Å². The highest BCUT2D eigenvalue weighted by atomic mass is 35.5. The lowest BCUT2D eigenvalue weighted by Gasteiger charge is -2.11. The molecule has 5 heteroatoms. The Kier molecular flexibility index (Phi) is 5.03. The van der Waals surface area contributed by atoms with E-state index in [-0.39, 0.29) is 5.56 Å². The topological polar surface area (TPSA) is 34.9 Å². The van der Waals surface area contributed by atoms with Crippen LogP contribution in [0.15, 0.2) is 58.2 Å². The van der Waals surface area contributed by atoms with Crippen LogP contribution in [0.25, 0.3) is 22.0 Å². The molecule has 0 aliphatic heterocycles. The first-order valence-electron chi connectivity index (χ1n) is 7.45. The standard InChI is InChI=1S/C18H17ClN2OS/c1-23-14-9-7-13(8-10-14)17-15-5-2-3-6-16(15)18(22)21(20-17)12-4-11-19/h2-3,5-10H,4,11-12H2,1H3. The molecular formula is C18H17ClN2OS. The van der Waals surface area contributed by atoms with Crippen LogP contribution in [-0.4, -0.2) is 21.9 Å². The summed E-state index contributed by atoms with van der Waals surface area (Å²) in [5.74, 6) is 0.513. The van der Waals surface area contributed by atoms with Gasteiger partial charge in [0, 0.05) is 28.3 Å². The van der Waals surface area contributed by atoms with Crippen LogP contribution in [0.5, 0.6) is 0 Å². The fraction of sp³-hybridized carbons (Fsp3) is 0.222. The van der Waals surface area contributed by atoms with Crippen molar-refractivity contribution in [1.82, 2.24) is 9.78 Å². The van der Waals surface area contributed by atoms with E-state index in [0.717, 1.165) is 23.1 Å². The number of rotatable bonds is 5. The van der Waals surface area contributed by atoms with Gasteiger partial charge >= 0.3 is 0 Å². The van der Waals surface area contributed by atoms with Gasteiger partial charge in [-0.15, -0.1) is 23.4 Å². The zero-order valence-electron chi connectivity index (χ0n) is 12.8. The molecular weight excluding hydrogens is 328 g/mol. The Hall–Kier alpha value is -1.78. The second-order valence-electron chi connectivity index (χ2n) is 5.19. The summed E-state index contributed by atoms with van der Waals surface area (Å²) >= 11 is 7.47. The summed E-state index contributed by atoms with van der Waals surface area (Å²) < 4.78 is 1.53. The summed E-state index contributed by atoms with van der Waals surface area (Å²) in [7, 11) is 0. The largest absolute Gasteiger partial charge is 0.274 e. The van der Waals surface area contributed by atoms with Crippen molar-refractivity contribution in [3.05, 3.63) is 58.9 Å². The van der Waals surface area contributed by atoms with Crippen LogP contribution in [0.4, 0.5) is 0 Å². The normalized spacial score (nSPS) is 11.0. The smallest absolute Gasteiger partial charge is 0.267 e. The van der Waals surface area contributed by atoms with Crippen molar-refractivity contribution in [2.75, 3.05) is 12.1 Å². The third-order valence-electron chi connectivity index (χ3n) is 3.73. The maximum atomic E-state index is 12.6. The number of aryl methyl sites for hydroxylation is 1. The molecule has 0 fully saturated rings. The molecule has 118 valence electrons. The first kappa shape index (κ1) is 16.1. The van der Waals surface area contributed by atoms with Crippen LogP contribution < -0.4 is 5.56 Å². The van der Waals surface area contributed by atoms with Crippen molar-refractivity contribution in [3.8, 4) is 11.3 Å². The molecule has 1 heterocycles. The van der Waals surface area contributed by atoms with E-state index >= 15 is 0 Å². The molecule has 2 aromatic carbocycles. The summed E-state index contributed by atoms with van der Waals surface area (Å²) in [4.78, 5) is 13.8. The van der Waals surface area contributed by atoms with E-state index in [1.165, 1.54) is 9.58 Å². The van der Waals surface area contributed by atoms with Gasteiger partial charge in [0.15, 0.2) is 0 Å². The Bertz CT molecular complexity index is 874. The number of benzene rings is 2. The number of nitrogens with zero attached hydrogens (tertiary/aromatic N) is 2. The van der Waals surface area contributed by atoms with Gasteiger partial charge in [-0.2, -0.15) is 5.10 Å². The van der Waals surface area contributed by atoms with Crippen LogP contribution in [0.2, 0.25) is 0 Å². The number of halogens is 1. The Balaban J connectivity index is 2.21. The summed E-state index contributed by atoms with van der Waals surface area (Å²) in [5, 5.41) is 6.18. The second-order valence-corrected chi connectivity index (χ2v) is 6.45. The predicted octanol–water partition coefficient (Wildman–Crippen LogP) is 4.41. The zero-order valence-corrected chi connectivity index (χ0v) is 14.4. The van der Waals surface area contributed by atoms with Crippen molar-refractivity contribution >= 4 is 34.1 Å². The molecule has 0 aliphatic rings. The SMILES string of the molecule is CSc1ccc(-c2nn(CCCCl)c(=O)c3ccccc23)cc1. The van der Waals surface area contributed by atoms with Gasteiger partial charge in [0.1, 0.15) is 0 Å². The van der Waals surface area contributed by atoms with Crippen LogP contribution in [0.1, 0.15) is 6.42 Å². The van der Waals surface area contributed by atoms with E-state index in [0.29, 0.717) is 17.8 Å². The minimum absolute atomic E-state index is 0.0600. The minimum atomic E-state index is -0.0600. The summed E-state index contributed by atoms with van der Waals surface area (Å²) in [6, 6.07) is 15.9. The van der Waals surface area contributed by atoms with Gasteiger partial charge in [-0.3, -0.25) is 4.79 Å². The highest BCUT2D eigenvalue weighted by molar-refractivity contribution is 7.98. The average Bonchev–Trinajstić information content (AvgIpc) is 2.61. The summed E-state index contributed by atoms with van der Waals surface area (Å²) in [6.45, 7) is 0.531. The number of thioether (sulfide) groups is 1. The molecule has 23 heavy (non-hydrogen) atoms. The predicted molar refractivity (Wildman–Crippen MR) is 98.6 cm³/mol. The fourth-order valence-corrected chi connectivity index (χ4v) is 3.09. The van der Waals surface area contributed by atoms with Gasteiger partial charge in [-0.05, 0) is 30.9 Å². The van der Waals surface area contributed by atoms with Crippen molar-refractivity contribution < 1.29 is 0 Å². The lowest BCUT2D eigenvalue weighted by atomic mass is 10.1. The van der Waals surface area contributed by atoms with E-state index in [9.17, 15) is 4.79 Å². The lowest BCUT2D eigenvalue weighted by Crippen LogP contribution is -2.24. The van der Waals surface area contributed by atoms with E-state index < -0.39 is 0 Å². The molecule has 0 unspecified atom stereocenters. The molecule has 0 radical (unpaired) electrons. The van der Waals surface area contributed by atoms with Crippen LogP contribution in [-0.2, 0) is 6.54 Å². The second kappa shape index (κ2) is 7.20. The number of hydrogen-bond acceptors (Lipinski definition) is 3. The maximum Gasteiger partial charge on any atom is 0.274 e. The summed E-state index contributed by atoms with van der Waals surface area (Å²) in [6.07, 6.45) is 2.77. The molecule has 0 aliphatic carbocycles. The quantitative estimate of drug-likeness (QED) is 0.508. The Labute approximate surface area is 144 Å². The fourth-order valence-electron chi connectivity index (χ4n) is 2.56.